The van der Waals surface area contributed by atoms with E-state index in [0.717, 1.165) is 35.1 Å². The van der Waals surface area contributed by atoms with Gasteiger partial charge in [-0.3, -0.25) is 4.79 Å². The largest absolute Gasteiger partial charge is 0.479 e. The number of fused-ring (bicyclic) bond motifs is 4. The average molecular weight is 477 g/mol. The minimum atomic E-state index is -1.10. The van der Waals surface area contributed by atoms with Gasteiger partial charge >= 0.3 is 12.1 Å². The molecule has 1 saturated carbocycles. The molecule has 0 aromatic heterocycles. The second-order valence-electron chi connectivity index (χ2n) is 10.4. The number of hydrogen-bond donors (Lipinski definition) is 2. The van der Waals surface area contributed by atoms with E-state index in [4.69, 9.17) is 4.74 Å². The summed E-state index contributed by atoms with van der Waals surface area (Å²) >= 11 is 0. The Morgan fingerprint density at radius 1 is 1.09 bits per heavy atom. The molecule has 2 N–H and O–H groups in total. The Morgan fingerprint density at radius 2 is 1.71 bits per heavy atom. The molecular formula is C28H32N2O5. The first-order valence-corrected chi connectivity index (χ1v) is 12.5. The summed E-state index contributed by atoms with van der Waals surface area (Å²) in [4.78, 5) is 39.9. The summed E-state index contributed by atoms with van der Waals surface area (Å²) in [5.74, 6) is -1.20. The standard InChI is InChI=1S/C28H32N2O5/c1-17(2)14-24(25(31)30-13-7-8-18-15-28(18,30)26(32)33)29-27(34)35-16-23-21-11-5-3-9-19(21)20-10-4-6-12-22(20)23/h3-6,9-12,17-18,23-24H,7-8,13-16H2,1-2H3,(H,29,34)(H,32,33)/t18-,24?,28+/m0/s1. The number of nitrogens with zero attached hydrogens (tertiary/aromatic N) is 1. The molecule has 184 valence electrons. The monoisotopic (exact) mass is 476 g/mol. The van der Waals surface area contributed by atoms with Gasteiger partial charge in [0.1, 0.15) is 18.2 Å². The van der Waals surface area contributed by atoms with Crippen LogP contribution in [0.2, 0.25) is 0 Å². The summed E-state index contributed by atoms with van der Waals surface area (Å²) in [6, 6.07) is 15.4. The lowest BCUT2D eigenvalue weighted by Gasteiger charge is -2.36. The van der Waals surface area contributed by atoms with E-state index in [0.29, 0.717) is 19.4 Å². The predicted molar refractivity (Wildman–Crippen MR) is 131 cm³/mol. The van der Waals surface area contributed by atoms with Gasteiger partial charge in [0.15, 0.2) is 0 Å². The molecule has 3 atom stereocenters. The van der Waals surface area contributed by atoms with Crippen LogP contribution < -0.4 is 5.32 Å². The Bertz CT molecular complexity index is 1120. The van der Waals surface area contributed by atoms with Gasteiger partial charge < -0.3 is 20.1 Å². The molecule has 2 amide bonds. The number of carbonyl (C=O) groups excluding carboxylic acids is 2. The number of nitrogens with one attached hydrogen (secondary N) is 1. The number of piperidine rings is 1. The molecule has 1 saturated heterocycles. The fourth-order valence-corrected chi connectivity index (χ4v) is 6.03. The van der Waals surface area contributed by atoms with E-state index in [1.807, 2.05) is 38.1 Å². The number of carboxylic acid groups (broad SMARTS) is 1. The summed E-state index contributed by atoms with van der Waals surface area (Å²) < 4.78 is 5.66. The molecule has 1 heterocycles. The number of carbonyl (C=O) groups is 3. The number of rotatable bonds is 7. The molecule has 0 bridgehead atoms. The Hall–Kier alpha value is -3.35. The number of hydrogen-bond acceptors (Lipinski definition) is 4. The van der Waals surface area contributed by atoms with E-state index in [1.165, 1.54) is 4.90 Å². The minimum absolute atomic E-state index is 0.00635. The summed E-state index contributed by atoms with van der Waals surface area (Å²) in [7, 11) is 0. The van der Waals surface area contributed by atoms with Gasteiger partial charge in [0, 0.05) is 12.5 Å². The summed E-state index contributed by atoms with van der Waals surface area (Å²) in [6.07, 6.45) is 1.86. The Morgan fingerprint density at radius 3 is 2.31 bits per heavy atom. The lowest BCUT2D eigenvalue weighted by atomic mass is 9.97. The van der Waals surface area contributed by atoms with E-state index in [2.05, 4.69) is 29.6 Å². The van der Waals surface area contributed by atoms with E-state index >= 15 is 0 Å². The molecule has 0 radical (unpaired) electrons. The lowest BCUT2D eigenvalue weighted by molar-refractivity contribution is -0.155. The predicted octanol–water partition coefficient (Wildman–Crippen LogP) is 4.41. The van der Waals surface area contributed by atoms with Crippen molar-refractivity contribution < 1.29 is 24.2 Å². The van der Waals surface area contributed by atoms with Gasteiger partial charge in [-0.15, -0.1) is 0 Å². The van der Waals surface area contributed by atoms with Gasteiger partial charge in [-0.2, -0.15) is 0 Å². The normalized spacial score (nSPS) is 23.2. The highest BCUT2D eigenvalue weighted by Crippen LogP contribution is 2.54. The van der Waals surface area contributed by atoms with Crippen LogP contribution in [0, 0.1) is 11.8 Å². The van der Waals surface area contributed by atoms with Crippen molar-refractivity contribution in [2.75, 3.05) is 13.2 Å². The maximum absolute atomic E-state index is 13.5. The number of likely N-dealkylation sites (tertiary alicyclic amines) is 1. The van der Waals surface area contributed by atoms with Crippen LogP contribution in [0.3, 0.4) is 0 Å². The molecule has 2 aromatic rings. The molecule has 1 aliphatic heterocycles. The fraction of sp³-hybridized carbons (Fsp3) is 0.464. The molecule has 5 rings (SSSR count). The number of alkyl carbamates (subject to hydrolysis) is 1. The van der Waals surface area contributed by atoms with E-state index in [-0.39, 0.29) is 30.3 Å². The van der Waals surface area contributed by atoms with Crippen molar-refractivity contribution in [3.05, 3.63) is 59.7 Å². The molecule has 2 aromatic carbocycles. The van der Waals surface area contributed by atoms with Crippen LogP contribution in [0.5, 0.6) is 0 Å². The fourth-order valence-electron chi connectivity index (χ4n) is 6.03. The van der Waals surface area contributed by atoms with Crippen LogP contribution in [0.25, 0.3) is 11.1 Å². The smallest absolute Gasteiger partial charge is 0.407 e. The highest BCUT2D eigenvalue weighted by molar-refractivity contribution is 5.94. The van der Waals surface area contributed by atoms with E-state index in [1.54, 1.807) is 0 Å². The van der Waals surface area contributed by atoms with Crippen LogP contribution >= 0.6 is 0 Å². The quantitative estimate of drug-likeness (QED) is 0.617. The summed E-state index contributed by atoms with van der Waals surface area (Å²) in [6.45, 7) is 4.52. The third-order valence-electron chi connectivity index (χ3n) is 7.77. The molecule has 1 unspecified atom stereocenters. The highest BCUT2D eigenvalue weighted by atomic mass is 16.5. The van der Waals surface area contributed by atoms with Crippen LogP contribution in [-0.2, 0) is 14.3 Å². The highest BCUT2D eigenvalue weighted by Gasteiger charge is 2.67. The topological polar surface area (TPSA) is 95.9 Å². The van der Waals surface area contributed by atoms with Crippen LogP contribution in [0.15, 0.2) is 48.5 Å². The Labute approximate surface area is 205 Å². The average Bonchev–Trinajstić information content (AvgIpc) is 3.53. The number of benzene rings is 2. The maximum Gasteiger partial charge on any atom is 0.407 e. The molecule has 7 nitrogen and oxygen atoms in total. The minimum Gasteiger partial charge on any atom is -0.479 e. The number of aliphatic carboxylic acids is 1. The third kappa shape index (κ3) is 4.07. The van der Waals surface area contributed by atoms with Crippen molar-refractivity contribution in [1.82, 2.24) is 10.2 Å². The molecule has 2 fully saturated rings. The number of amides is 2. The zero-order valence-electron chi connectivity index (χ0n) is 20.2. The Kier molecular flexibility index (Phi) is 6.03. The molecular weight excluding hydrogens is 444 g/mol. The van der Waals surface area contributed by atoms with Gasteiger partial charge in [0.05, 0.1) is 0 Å². The Balaban J connectivity index is 1.29. The second kappa shape index (κ2) is 9.02. The first kappa shape index (κ1) is 23.4. The van der Waals surface area contributed by atoms with Crippen molar-refractivity contribution in [3.63, 3.8) is 0 Å². The second-order valence-corrected chi connectivity index (χ2v) is 10.4. The van der Waals surface area contributed by atoms with Crippen molar-refractivity contribution >= 4 is 18.0 Å². The van der Waals surface area contributed by atoms with Gasteiger partial charge in [-0.1, -0.05) is 62.4 Å². The molecule has 0 spiro atoms. The van der Waals surface area contributed by atoms with Gasteiger partial charge in [-0.05, 0) is 59.8 Å². The van der Waals surface area contributed by atoms with Gasteiger partial charge in [0.2, 0.25) is 5.91 Å². The van der Waals surface area contributed by atoms with Crippen molar-refractivity contribution in [2.45, 2.75) is 57.0 Å². The molecule has 7 heteroatoms. The van der Waals surface area contributed by atoms with Crippen molar-refractivity contribution in [3.8, 4) is 11.1 Å². The van der Waals surface area contributed by atoms with E-state index < -0.39 is 23.6 Å². The van der Waals surface area contributed by atoms with Crippen molar-refractivity contribution in [1.29, 1.82) is 0 Å². The molecule has 2 aliphatic carbocycles. The summed E-state index contributed by atoms with van der Waals surface area (Å²) in [5.41, 5.74) is 3.43. The van der Waals surface area contributed by atoms with Crippen LogP contribution in [0.4, 0.5) is 4.79 Å². The zero-order valence-corrected chi connectivity index (χ0v) is 20.2. The van der Waals surface area contributed by atoms with E-state index in [9.17, 15) is 19.5 Å². The first-order valence-electron chi connectivity index (χ1n) is 12.5. The zero-order chi connectivity index (χ0) is 24.7. The number of ether oxygens (including phenoxy) is 1. The third-order valence-corrected chi connectivity index (χ3v) is 7.77. The number of carboxylic acids is 1. The van der Waals surface area contributed by atoms with Gasteiger partial charge in [0.25, 0.3) is 0 Å². The maximum atomic E-state index is 13.5. The first-order chi connectivity index (χ1) is 16.8. The summed E-state index contributed by atoms with van der Waals surface area (Å²) in [5, 5.41) is 12.6. The van der Waals surface area contributed by atoms with Crippen molar-refractivity contribution in [2.24, 2.45) is 11.8 Å². The lowest BCUT2D eigenvalue weighted by Crippen LogP contribution is -2.57. The van der Waals surface area contributed by atoms with Crippen LogP contribution in [0.1, 0.15) is 56.6 Å². The van der Waals surface area contributed by atoms with Gasteiger partial charge in [-0.25, -0.2) is 9.59 Å². The molecule has 35 heavy (non-hydrogen) atoms. The SMILES string of the molecule is CC(C)CC(NC(=O)OCC1c2ccccc2-c2ccccc21)C(=O)N1CCC[C@H]2C[C@]21C(=O)O. The molecule has 3 aliphatic rings. The van der Waals surface area contributed by atoms with Crippen LogP contribution in [-0.4, -0.2) is 52.7 Å².